The highest BCUT2D eigenvalue weighted by Gasteiger charge is 2.14. The van der Waals surface area contributed by atoms with Crippen molar-refractivity contribution >= 4 is 44.1 Å². The lowest BCUT2D eigenvalue weighted by molar-refractivity contribution is 0.0528. The third-order valence-electron chi connectivity index (χ3n) is 2.12. The van der Waals surface area contributed by atoms with Crippen molar-refractivity contribution in [1.29, 1.82) is 0 Å². The quantitative estimate of drug-likeness (QED) is 0.685. The summed E-state index contributed by atoms with van der Waals surface area (Å²) in [5, 5.41) is 5.68. The van der Waals surface area contributed by atoms with Crippen molar-refractivity contribution in [3.8, 4) is 0 Å². The van der Waals surface area contributed by atoms with Crippen molar-refractivity contribution in [2.24, 2.45) is 0 Å². The molecule has 0 saturated heterocycles. The zero-order chi connectivity index (χ0) is 13.0. The number of ether oxygens (including phenoxy) is 1. The molecule has 0 aromatic carbocycles. The first-order valence-corrected chi connectivity index (χ1v) is 7.02. The van der Waals surface area contributed by atoms with Gasteiger partial charge in [-0.25, -0.2) is 9.78 Å². The first kappa shape index (κ1) is 13.0. The van der Waals surface area contributed by atoms with Gasteiger partial charge in [-0.3, -0.25) is 0 Å². The number of anilines is 2. The van der Waals surface area contributed by atoms with E-state index in [9.17, 15) is 4.79 Å². The van der Waals surface area contributed by atoms with E-state index in [1.807, 2.05) is 23.6 Å². The Balaban J connectivity index is 2.20. The summed E-state index contributed by atoms with van der Waals surface area (Å²) < 4.78 is 5.72. The van der Waals surface area contributed by atoms with Gasteiger partial charge in [0.1, 0.15) is 15.4 Å². The number of thiophene rings is 1. The third-order valence-corrected chi connectivity index (χ3v) is 3.39. The highest BCUT2D eigenvalue weighted by Crippen LogP contribution is 2.27. The van der Waals surface area contributed by atoms with Gasteiger partial charge in [-0.05, 0) is 46.4 Å². The number of aromatic nitrogens is 1. The van der Waals surface area contributed by atoms with Gasteiger partial charge in [-0.1, -0.05) is 6.07 Å². The summed E-state index contributed by atoms with van der Waals surface area (Å²) in [6, 6.07) is 7.28. The second-order valence-electron chi connectivity index (χ2n) is 3.35. The normalized spacial score (nSPS) is 10.1. The number of esters is 1. The average molecular weight is 327 g/mol. The van der Waals surface area contributed by atoms with Gasteiger partial charge in [0.05, 0.1) is 12.2 Å². The average Bonchev–Trinajstić information content (AvgIpc) is 2.77. The summed E-state index contributed by atoms with van der Waals surface area (Å²) >= 11 is 4.74. The van der Waals surface area contributed by atoms with Crippen LogP contribution in [0.1, 0.15) is 17.3 Å². The smallest absolute Gasteiger partial charge is 0.341 e. The van der Waals surface area contributed by atoms with Crippen molar-refractivity contribution in [2.75, 3.05) is 11.9 Å². The Morgan fingerprint density at radius 2 is 2.33 bits per heavy atom. The number of nitrogens with one attached hydrogen (secondary N) is 1. The van der Waals surface area contributed by atoms with Crippen LogP contribution in [0.3, 0.4) is 0 Å². The van der Waals surface area contributed by atoms with Crippen LogP contribution in [0.4, 0.5) is 10.8 Å². The molecule has 2 aromatic rings. The molecule has 2 aromatic heterocycles. The Kier molecular flexibility index (Phi) is 4.33. The summed E-state index contributed by atoms with van der Waals surface area (Å²) in [7, 11) is 0. The third kappa shape index (κ3) is 3.08. The summed E-state index contributed by atoms with van der Waals surface area (Å²) in [4.78, 5) is 16.0. The van der Waals surface area contributed by atoms with Crippen molar-refractivity contribution < 1.29 is 9.53 Å². The molecule has 0 spiro atoms. The summed E-state index contributed by atoms with van der Waals surface area (Å²) in [6.45, 7) is 2.15. The summed E-state index contributed by atoms with van der Waals surface area (Å²) in [5.74, 6) is 0.355. The molecule has 2 heterocycles. The molecule has 0 atom stereocenters. The number of halogens is 1. The lowest BCUT2D eigenvalue weighted by Gasteiger charge is -2.06. The Bertz CT molecular complexity index is 557. The zero-order valence-corrected chi connectivity index (χ0v) is 12.0. The number of nitrogens with zero attached hydrogens (tertiary/aromatic N) is 1. The first-order chi connectivity index (χ1) is 8.70. The van der Waals surface area contributed by atoms with Gasteiger partial charge in [0.25, 0.3) is 0 Å². The Labute approximate surface area is 117 Å². The van der Waals surface area contributed by atoms with E-state index in [1.54, 1.807) is 13.0 Å². The van der Waals surface area contributed by atoms with Crippen molar-refractivity contribution in [3.63, 3.8) is 0 Å². The van der Waals surface area contributed by atoms with E-state index in [-0.39, 0.29) is 5.97 Å². The molecule has 6 heteroatoms. The molecule has 0 aliphatic rings. The van der Waals surface area contributed by atoms with E-state index in [0.717, 1.165) is 9.60 Å². The predicted molar refractivity (Wildman–Crippen MR) is 75.5 cm³/mol. The van der Waals surface area contributed by atoms with Crippen LogP contribution in [0.15, 0.2) is 34.2 Å². The highest BCUT2D eigenvalue weighted by molar-refractivity contribution is 9.10. The number of pyridine rings is 1. The highest BCUT2D eigenvalue weighted by atomic mass is 79.9. The minimum Gasteiger partial charge on any atom is -0.462 e. The molecule has 0 unspecified atom stereocenters. The molecule has 0 aliphatic heterocycles. The van der Waals surface area contributed by atoms with Gasteiger partial charge < -0.3 is 10.1 Å². The topological polar surface area (TPSA) is 51.2 Å². The van der Waals surface area contributed by atoms with E-state index >= 15 is 0 Å². The molecule has 18 heavy (non-hydrogen) atoms. The molecule has 4 nitrogen and oxygen atoms in total. The molecular weight excluding hydrogens is 316 g/mol. The fraction of sp³-hybridized carbons (Fsp3) is 0.167. The fourth-order valence-corrected chi connectivity index (χ4v) is 2.50. The van der Waals surface area contributed by atoms with Crippen LogP contribution in [-0.4, -0.2) is 17.6 Å². The molecule has 0 fully saturated rings. The Morgan fingerprint density at radius 3 is 3.06 bits per heavy atom. The number of hydrogen-bond donors (Lipinski definition) is 1. The van der Waals surface area contributed by atoms with Crippen molar-refractivity contribution in [3.05, 3.63) is 39.8 Å². The molecular formula is C12H11BrN2O2S. The molecule has 1 N–H and O–H groups in total. The van der Waals surface area contributed by atoms with E-state index in [2.05, 4.69) is 26.2 Å². The zero-order valence-electron chi connectivity index (χ0n) is 9.64. The van der Waals surface area contributed by atoms with Crippen molar-refractivity contribution in [1.82, 2.24) is 4.98 Å². The number of carbonyl (C=O) groups excluding carboxylic acids is 1. The second kappa shape index (κ2) is 5.97. The maximum atomic E-state index is 11.7. The SMILES string of the molecule is CCOC(=O)c1ccsc1Nc1cccc(Br)n1. The molecule has 0 saturated carbocycles. The van der Waals surface area contributed by atoms with Crippen LogP contribution in [-0.2, 0) is 4.74 Å². The largest absolute Gasteiger partial charge is 0.462 e. The van der Waals surface area contributed by atoms with Crippen LogP contribution in [0.2, 0.25) is 0 Å². The maximum absolute atomic E-state index is 11.7. The Morgan fingerprint density at radius 1 is 1.50 bits per heavy atom. The minimum atomic E-state index is -0.323. The van der Waals surface area contributed by atoms with Crippen LogP contribution in [0.25, 0.3) is 0 Å². The van der Waals surface area contributed by atoms with Gasteiger partial charge in [0.15, 0.2) is 0 Å². The van der Waals surface area contributed by atoms with Gasteiger partial charge in [-0.2, -0.15) is 0 Å². The summed E-state index contributed by atoms with van der Waals surface area (Å²) in [6.07, 6.45) is 0. The first-order valence-electron chi connectivity index (χ1n) is 5.35. The standard InChI is InChI=1S/C12H11BrN2O2S/c1-2-17-12(16)8-6-7-18-11(8)15-10-5-3-4-9(13)14-10/h3-7H,2H2,1H3,(H,14,15). The van der Waals surface area contributed by atoms with E-state index in [0.29, 0.717) is 18.0 Å². The van der Waals surface area contributed by atoms with Crippen LogP contribution in [0.5, 0.6) is 0 Å². The lowest BCUT2D eigenvalue weighted by atomic mass is 10.3. The number of hydrogen-bond acceptors (Lipinski definition) is 5. The van der Waals surface area contributed by atoms with Crippen LogP contribution in [0, 0.1) is 0 Å². The van der Waals surface area contributed by atoms with Gasteiger partial charge in [-0.15, -0.1) is 11.3 Å². The van der Waals surface area contributed by atoms with Crippen molar-refractivity contribution in [2.45, 2.75) is 6.92 Å². The van der Waals surface area contributed by atoms with Gasteiger partial charge in [0, 0.05) is 0 Å². The molecule has 0 amide bonds. The monoisotopic (exact) mass is 326 g/mol. The molecule has 2 rings (SSSR count). The van der Waals surface area contributed by atoms with E-state index in [4.69, 9.17) is 4.74 Å². The van der Waals surface area contributed by atoms with Crippen LogP contribution < -0.4 is 5.32 Å². The molecule has 0 aliphatic carbocycles. The van der Waals surface area contributed by atoms with Gasteiger partial charge >= 0.3 is 5.97 Å². The molecule has 94 valence electrons. The molecule has 0 bridgehead atoms. The Hall–Kier alpha value is -1.40. The summed E-state index contributed by atoms with van der Waals surface area (Å²) in [5.41, 5.74) is 0.531. The lowest BCUT2D eigenvalue weighted by Crippen LogP contribution is -2.05. The molecule has 0 radical (unpaired) electrons. The minimum absolute atomic E-state index is 0.323. The number of carbonyl (C=O) groups is 1. The number of rotatable bonds is 4. The van der Waals surface area contributed by atoms with E-state index < -0.39 is 0 Å². The van der Waals surface area contributed by atoms with E-state index in [1.165, 1.54) is 11.3 Å². The second-order valence-corrected chi connectivity index (χ2v) is 5.08. The maximum Gasteiger partial charge on any atom is 0.341 e. The van der Waals surface area contributed by atoms with Gasteiger partial charge in [0.2, 0.25) is 0 Å². The van der Waals surface area contributed by atoms with Crippen LogP contribution >= 0.6 is 27.3 Å². The fourth-order valence-electron chi connectivity index (χ4n) is 1.37. The predicted octanol–water partition coefficient (Wildman–Crippen LogP) is 3.83.